The SMILES string of the molecule is CCCCCCCCCCCCCC(=O)OCCCCCCCCCCCCCC(=O)O[C@@H]1[C@@H](NC(=O)OCC(Cl)(Cl)Cl)[C@H](OC[C@H](COCc2ccccc2)NC(=O)C[C@@H](CCCCCCCCCCC)OC(=O)CCCCCCCCCCCCC)O[C@H](COC(=O)OC(C)(C)C(Cl)(Cl)Cl)[C@H]1OP(=O)(O)O. The number of hydrogen-bond donors (Lipinski definition) is 4. The van der Waals surface area contributed by atoms with E-state index in [4.69, 9.17) is 117 Å². The van der Waals surface area contributed by atoms with Crippen LogP contribution in [-0.4, -0.2) is 135 Å². The van der Waals surface area contributed by atoms with Gasteiger partial charge in [-0.25, -0.2) is 14.2 Å². The number of rotatable bonds is 67. The molecule has 21 nitrogen and oxygen atoms in total. The molecule has 2 amide bonds. The van der Waals surface area contributed by atoms with Crippen LogP contribution in [0, 0.1) is 0 Å². The zero-order valence-electron chi connectivity index (χ0n) is 66.0. The van der Waals surface area contributed by atoms with Gasteiger partial charge < -0.3 is 63.1 Å². The van der Waals surface area contributed by atoms with E-state index in [1.165, 1.54) is 142 Å². The van der Waals surface area contributed by atoms with E-state index in [-0.39, 0.29) is 44.4 Å². The first-order valence-electron chi connectivity index (χ1n) is 41.1. The predicted octanol–water partition coefficient (Wildman–Crippen LogP) is 22.4. The number of alkyl carbamates (subject to hydrolysis) is 1. The number of carbonyl (C=O) groups excluding carboxylic acids is 6. The summed E-state index contributed by atoms with van der Waals surface area (Å²) in [5.41, 5.74) is -0.997. The highest BCUT2D eigenvalue weighted by atomic mass is 35.6. The van der Waals surface area contributed by atoms with Gasteiger partial charge in [0.15, 0.2) is 18.0 Å². The second-order valence-corrected chi connectivity index (χ2v) is 35.5. The van der Waals surface area contributed by atoms with Crippen LogP contribution in [0.5, 0.6) is 0 Å². The largest absolute Gasteiger partial charge is 0.509 e. The van der Waals surface area contributed by atoms with Crippen molar-refractivity contribution in [1.82, 2.24) is 10.6 Å². The Balaban J connectivity index is 2.34. The summed E-state index contributed by atoms with van der Waals surface area (Å²) in [7, 11) is -5.62. The van der Waals surface area contributed by atoms with E-state index in [0.717, 1.165) is 128 Å². The zero-order valence-corrected chi connectivity index (χ0v) is 71.4. The highest BCUT2D eigenvalue weighted by molar-refractivity contribution is 7.46. The molecule has 0 saturated carbocycles. The molecule has 1 heterocycles. The summed E-state index contributed by atoms with van der Waals surface area (Å²) in [6.45, 7) is 7.31. The maximum Gasteiger partial charge on any atom is 0.509 e. The summed E-state index contributed by atoms with van der Waals surface area (Å²) >= 11 is 36.3. The minimum atomic E-state index is -5.62. The molecular weight excluding hydrogens is 1540 g/mol. The summed E-state index contributed by atoms with van der Waals surface area (Å²) < 4.78 is 66.6. The average molecular weight is 1670 g/mol. The van der Waals surface area contributed by atoms with Crippen LogP contribution >= 0.6 is 77.4 Å². The van der Waals surface area contributed by atoms with Crippen LogP contribution in [0.4, 0.5) is 9.59 Å². The summed E-state index contributed by atoms with van der Waals surface area (Å²) in [6, 6.07) is 6.39. The number of esters is 3. The Kier molecular flexibility index (Phi) is 58.9. The Bertz CT molecular complexity index is 2530. The van der Waals surface area contributed by atoms with E-state index in [0.29, 0.717) is 38.7 Å². The second-order valence-electron chi connectivity index (χ2n) is 29.6. The van der Waals surface area contributed by atoms with Gasteiger partial charge in [0.25, 0.3) is 0 Å². The van der Waals surface area contributed by atoms with E-state index in [1.807, 2.05) is 30.3 Å². The number of hydrogen-bond acceptors (Lipinski definition) is 17. The van der Waals surface area contributed by atoms with E-state index < -0.39 is 108 Å². The fraction of sp³-hybridized carbons (Fsp3) is 0.850. The molecule has 108 heavy (non-hydrogen) atoms. The van der Waals surface area contributed by atoms with Crippen molar-refractivity contribution in [3.05, 3.63) is 35.9 Å². The number of halogens is 6. The third kappa shape index (κ3) is 55.0. The summed E-state index contributed by atoms with van der Waals surface area (Å²) in [4.78, 5) is 103. The summed E-state index contributed by atoms with van der Waals surface area (Å²) in [5.74, 6) is -1.90. The number of unbranched alkanes of at least 4 members (excludes halogenated alkanes) is 38. The van der Waals surface area contributed by atoms with E-state index >= 15 is 0 Å². The van der Waals surface area contributed by atoms with Gasteiger partial charge >= 0.3 is 38.0 Å². The molecule has 0 unspecified atom stereocenters. The zero-order chi connectivity index (χ0) is 79.6. The molecule has 1 saturated heterocycles. The summed E-state index contributed by atoms with van der Waals surface area (Å²) in [6.07, 6.45) is 34.7. The van der Waals surface area contributed by atoms with Crippen LogP contribution in [0.15, 0.2) is 30.3 Å². The molecule has 28 heteroatoms. The molecule has 0 radical (unpaired) electrons. The van der Waals surface area contributed by atoms with Gasteiger partial charge in [0.2, 0.25) is 13.5 Å². The topological polar surface area (TPSA) is 276 Å². The summed E-state index contributed by atoms with van der Waals surface area (Å²) in [5, 5.41) is 5.45. The lowest BCUT2D eigenvalue weighted by molar-refractivity contribution is -0.272. The predicted molar refractivity (Wildman–Crippen MR) is 430 cm³/mol. The first kappa shape index (κ1) is 101. The van der Waals surface area contributed by atoms with Crippen LogP contribution in [0.25, 0.3) is 0 Å². The van der Waals surface area contributed by atoms with Crippen LogP contribution < -0.4 is 10.6 Å². The first-order chi connectivity index (χ1) is 51.7. The lowest BCUT2D eigenvalue weighted by Gasteiger charge is -2.45. The molecule has 1 aromatic rings. The lowest BCUT2D eigenvalue weighted by atomic mass is 9.96. The quantitative estimate of drug-likeness (QED) is 0.0155. The van der Waals surface area contributed by atoms with Crippen LogP contribution in [0.3, 0.4) is 0 Å². The number of nitrogens with one attached hydrogen (secondary N) is 2. The standard InChI is InChI=1S/C80H137Cl6N2O19P/c1-6-9-12-15-18-21-24-29-34-39-47-54-69(90)99-57-50-42-37-32-27-23-26-31-36-41-49-56-71(92)105-74-72(88-76(93)102-63-79(81,82)83)75(104-67(73(74)107-108(95,96)97)62-101-77(94)106-78(4,5)80(84,85)86)100-61-65(60-98-59-64-51-44-43-45-52-64)87-68(89)58-66(53-46-38-33-28-20-17-14-11-8-3)103-70(91)55-48-40-35-30-25-22-19-16-13-10-7-2/h43-45,51-52,65-67,72-75H,6-42,46-50,53-63H2,1-5H3,(H,87,89)(H,88,93)(H2,95,96,97)/t65-,66+,67+,72+,73+,74+,75+/m0/s1. The minimum Gasteiger partial charge on any atom is -0.466 e. The Labute approximate surface area is 678 Å². The molecule has 1 aromatic carbocycles. The Hall–Kier alpha value is -2.63. The average Bonchev–Trinajstić information content (AvgIpc) is 0.779. The number of ether oxygens (including phenoxy) is 9. The van der Waals surface area contributed by atoms with Gasteiger partial charge in [0, 0.05) is 19.3 Å². The van der Waals surface area contributed by atoms with E-state index in [9.17, 15) is 43.1 Å². The lowest BCUT2D eigenvalue weighted by Crippen LogP contribution is -2.66. The Morgan fingerprint density at radius 3 is 1.44 bits per heavy atom. The number of alkyl halides is 6. The monoisotopic (exact) mass is 1670 g/mol. The second kappa shape index (κ2) is 62.7. The van der Waals surface area contributed by atoms with Crippen molar-refractivity contribution in [3.63, 3.8) is 0 Å². The third-order valence-corrected chi connectivity index (χ3v) is 21.3. The van der Waals surface area contributed by atoms with Gasteiger partial charge in [0.1, 0.15) is 37.6 Å². The van der Waals surface area contributed by atoms with Crippen molar-refractivity contribution in [2.75, 3.05) is 33.0 Å². The van der Waals surface area contributed by atoms with Crippen molar-refractivity contribution in [2.24, 2.45) is 0 Å². The first-order valence-corrected chi connectivity index (χ1v) is 44.9. The highest BCUT2D eigenvalue weighted by Gasteiger charge is 2.54. The van der Waals surface area contributed by atoms with Crippen molar-refractivity contribution in [3.8, 4) is 0 Å². The van der Waals surface area contributed by atoms with Crippen molar-refractivity contribution in [2.45, 2.75) is 399 Å². The molecule has 1 fully saturated rings. The molecule has 7 atom stereocenters. The van der Waals surface area contributed by atoms with E-state index in [1.54, 1.807) is 0 Å². The van der Waals surface area contributed by atoms with Crippen molar-refractivity contribution >= 4 is 113 Å². The molecule has 0 aliphatic carbocycles. The van der Waals surface area contributed by atoms with Gasteiger partial charge in [-0.1, -0.05) is 358 Å². The van der Waals surface area contributed by atoms with Gasteiger partial charge in [-0.2, -0.15) is 0 Å². The Morgan fingerprint density at radius 1 is 0.537 bits per heavy atom. The number of phosphoric ester groups is 1. The molecule has 4 N–H and O–H groups in total. The smallest absolute Gasteiger partial charge is 0.466 e. The number of benzene rings is 1. The molecule has 628 valence electrons. The molecule has 0 spiro atoms. The van der Waals surface area contributed by atoms with E-state index in [2.05, 4.69) is 31.4 Å². The molecule has 0 aromatic heterocycles. The molecular formula is C80H137Cl6N2O19P. The maximum absolute atomic E-state index is 14.4. The van der Waals surface area contributed by atoms with Crippen LogP contribution in [0.1, 0.15) is 342 Å². The number of carbonyl (C=O) groups is 6. The van der Waals surface area contributed by atoms with Gasteiger partial charge in [0.05, 0.1) is 38.9 Å². The van der Waals surface area contributed by atoms with Crippen LogP contribution in [0.2, 0.25) is 0 Å². The number of phosphoric acid groups is 1. The van der Waals surface area contributed by atoms with Gasteiger partial charge in [-0.05, 0) is 57.9 Å². The fourth-order valence-corrected chi connectivity index (χ4v) is 13.5. The third-order valence-electron chi connectivity index (χ3n) is 19.1. The molecule has 1 aliphatic heterocycles. The van der Waals surface area contributed by atoms with Crippen molar-refractivity contribution < 1.29 is 90.3 Å². The molecule has 2 rings (SSSR count). The van der Waals surface area contributed by atoms with Crippen molar-refractivity contribution in [1.29, 1.82) is 0 Å². The molecule has 0 bridgehead atoms. The van der Waals surface area contributed by atoms with Gasteiger partial charge in [-0.3, -0.25) is 23.7 Å². The highest BCUT2D eigenvalue weighted by Crippen LogP contribution is 2.44. The maximum atomic E-state index is 14.4. The van der Waals surface area contributed by atoms with Gasteiger partial charge in [-0.15, -0.1) is 0 Å². The fourth-order valence-electron chi connectivity index (χ4n) is 12.7. The number of amides is 2. The van der Waals surface area contributed by atoms with Crippen LogP contribution in [-0.2, 0) is 77.5 Å². The molecule has 1 aliphatic rings. The normalized spacial score (nSPS) is 16.8. The minimum absolute atomic E-state index is 0.0941. The Morgan fingerprint density at radius 2 is 0.981 bits per heavy atom.